The van der Waals surface area contributed by atoms with E-state index < -0.39 is 0 Å². The van der Waals surface area contributed by atoms with Crippen molar-refractivity contribution in [2.75, 3.05) is 6.61 Å². The highest BCUT2D eigenvalue weighted by atomic mass is 16.5. The molecule has 0 aromatic carbocycles. The van der Waals surface area contributed by atoms with Crippen molar-refractivity contribution in [3.8, 4) is 0 Å². The minimum absolute atomic E-state index is 0.806. The molecule has 2 aliphatic carbocycles. The molecule has 2 aliphatic rings. The van der Waals surface area contributed by atoms with Crippen molar-refractivity contribution >= 4 is 0 Å². The molecule has 0 saturated heterocycles. The van der Waals surface area contributed by atoms with Gasteiger partial charge >= 0.3 is 0 Å². The van der Waals surface area contributed by atoms with Gasteiger partial charge in [-0.25, -0.2) is 0 Å². The first-order valence-electron chi connectivity index (χ1n) is 11.3. The van der Waals surface area contributed by atoms with E-state index >= 15 is 0 Å². The van der Waals surface area contributed by atoms with Gasteiger partial charge in [0.25, 0.3) is 0 Å². The summed E-state index contributed by atoms with van der Waals surface area (Å²) in [5, 5.41) is 0. The summed E-state index contributed by atoms with van der Waals surface area (Å²) in [6.45, 7) is 5.38. The zero-order valence-corrected chi connectivity index (χ0v) is 16.9. The molecule has 0 unspecified atom stereocenters. The predicted octanol–water partition coefficient (Wildman–Crippen LogP) is 7.68. The summed E-state index contributed by atoms with van der Waals surface area (Å²) in [7, 11) is 0. The molecule has 2 saturated carbocycles. The summed E-state index contributed by atoms with van der Waals surface area (Å²) in [5.74, 6) is 3.72. The van der Waals surface area contributed by atoms with Gasteiger partial charge in [0.2, 0.25) is 0 Å². The van der Waals surface area contributed by atoms with Gasteiger partial charge in [-0.3, -0.25) is 0 Å². The lowest BCUT2D eigenvalue weighted by Gasteiger charge is -2.37. The third kappa shape index (κ3) is 8.01. The Hall–Kier alpha value is -0.720. The number of rotatable bonds is 10. The van der Waals surface area contributed by atoms with Crippen molar-refractivity contribution in [3.05, 3.63) is 24.5 Å². The van der Waals surface area contributed by atoms with E-state index in [1.807, 2.05) is 6.26 Å². The molecule has 0 bridgehead atoms. The lowest BCUT2D eigenvalue weighted by Crippen LogP contribution is -2.26. The van der Waals surface area contributed by atoms with Gasteiger partial charge in [-0.15, -0.1) is 0 Å². The van der Waals surface area contributed by atoms with E-state index in [2.05, 4.69) is 32.1 Å². The minimum Gasteiger partial charge on any atom is -0.501 e. The zero-order chi connectivity index (χ0) is 17.7. The smallest absolute Gasteiger partial charge is 0.0901 e. The zero-order valence-electron chi connectivity index (χ0n) is 16.9. The fourth-order valence-electron chi connectivity index (χ4n) is 4.79. The van der Waals surface area contributed by atoms with E-state index in [0.717, 1.165) is 36.7 Å². The molecule has 0 atom stereocenters. The average Bonchev–Trinajstić information content (AvgIpc) is 2.66. The molecular formula is C24H42O. The van der Waals surface area contributed by atoms with Crippen LogP contribution in [0.1, 0.15) is 97.3 Å². The average molecular weight is 347 g/mol. The summed E-state index contributed by atoms with van der Waals surface area (Å²) in [5.41, 5.74) is 0. The maximum atomic E-state index is 5.68. The second-order valence-electron chi connectivity index (χ2n) is 8.49. The monoisotopic (exact) mass is 346 g/mol. The van der Waals surface area contributed by atoms with Crippen LogP contribution in [0.5, 0.6) is 0 Å². The van der Waals surface area contributed by atoms with E-state index in [-0.39, 0.29) is 0 Å². The normalized spacial score (nSPS) is 31.0. The Labute approximate surface area is 157 Å². The quantitative estimate of drug-likeness (QED) is 0.224. The Morgan fingerprint density at radius 3 is 2.12 bits per heavy atom. The van der Waals surface area contributed by atoms with Crippen molar-refractivity contribution in [1.29, 1.82) is 0 Å². The van der Waals surface area contributed by atoms with Gasteiger partial charge in [0, 0.05) is 0 Å². The number of allylic oxidation sites excluding steroid dienone is 3. The molecule has 0 aromatic heterocycles. The third-order valence-corrected chi connectivity index (χ3v) is 6.52. The summed E-state index contributed by atoms with van der Waals surface area (Å²) < 4.78 is 5.68. The van der Waals surface area contributed by atoms with Crippen LogP contribution in [0.2, 0.25) is 0 Å². The molecule has 1 nitrogen and oxygen atoms in total. The Morgan fingerprint density at radius 2 is 1.48 bits per heavy atom. The molecule has 2 rings (SSSR count). The van der Waals surface area contributed by atoms with Crippen molar-refractivity contribution in [1.82, 2.24) is 0 Å². The summed E-state index contributed by atoms with van der Waals surface area (Å²) in [4.78, 5) is 0. The van der Waals surface area contributed by atoms with Crippen LogP contribution in [0, 0.1) is 23.7 Å². The van der Waals surface area contributed by atoms with E-state index in [1.165, 1.54) is 77.0 Å². The van der Waals surface area contributed by atoms with Crippen LogP contribution < -0.4 is 0 Å². The molecular weight excluding hydrogens is 304 g/mol. The van der Waals surface area contributed by atoms with Crippen LogP contribution in [0.4, 0.5) is 0 Å². The maximum absolute atomic E-state index is 5.68. The fraction of sp³-hybridized carbons (Fsp3) is 0.833. The molecule has 0 heterocycles. The van der Waals surface area contributed by atoms with Gasteiger partial charge in [-0.05, 0) is 94.3 Å². The van der Waals surface area contributed by atoms with E-state index in [0.29, 0.717) is 0 Å². The van der Waals surface area contributed by atoms with Crippen LogP contribution in [-0.2, 0) is 4.74 Å². The van der Waals surface area contributed by atoms with Crippen molar-refractivity contribution < 1.29 is 4.74 Å². The van der Waals surface area contributed by atoms with Gasteiger partial charge in [-0.2, -0.15) is 0 Å². The van der Waals surface area contributed by atoms with Gasteiger partial charge in [0.05, 0.1) is 12.9 Å². The van der Waals surface area contributed by atoms with Crippen molar-refractivity contribution in [2.24, 2.45) is 23.7 Å². The summed E-state index contributed by atoms with van der Waals surface area (Å²) in [6, 6.07) is 0. The molecule has 2 fully saturated rings. The van der Waals surface area contributed by atoms with Crippen LogP contribution in [0.25, 0.3) is 0 Å². The maximum Gasteiger partial charge on any atom is 0.0901 e. The first-order chi connectivity index (χ1) is 12.3. The first kappa shape index (κ1) is 20.6. The highest BCUT2D eigenvalue weighted by Crippen LogP contribution is 2.41. The highest BCUT2D eigenvalue weighted by Gasteiger charge is 2.30. The number of hydrogen-bond donors (Lipinski definition) is 0. The Bertz CT molecular complexity index is 368. The third-order valence-electron chi connectivity index (χ3n) is 6.52. The molecule has 0 aromatic rings. The van der Waals surface area contributed by atoms with E-state index in [9.17, 15) is 0 Å². The van der Waals surface area contributed by atoms with Gasteiger partial charge < -0.3 is 4.74 Å². The number of hydrogen-bond acceptors (Lipinski definition) is 1. The van der Waals surface area contributed by atoms with Crippen molar-refractivity contribution in [2.45, 2.75) is 97.3 Å². The molecule has 25 heavy (non-hydrogen) atoms. The fourth-order valence-corrected chi connectivity index (χ4v) is 4.79. The van der Waals surface area contributed by atoms with Crippen LogP contribution in [0.3, 0.4) is 0 Å². The predicted molar refractivity (Wildman–Crippen MR) is 110 cm³/mol. The number of unbranched alkanes of at least 4 members (excludes halogenated alkanes) is 3. The molecule has 0 amide bonds. The SMILES string of the molecule is CC/C=C\OCC1CCC(C2CCC(/C=C/CCCCC)CC2)CC1. The van der Waals surface area contributed by atoms with E-state index in [1.54, 1.807) is 0 Å². The largest absolute Gasteiger partial charge is 0.501 e. The summed E-state index contributed by atoms with van der Waals surface area (Å²) in [6.07, 6.45) is 27.0. The Balaban J connectivity index is 1.58. The topological polar surface area (TPSA) is 9.23 Å². The molecule has 0 aliphatic heterocycles. The summed E-state index contributed by atoms with van der Waals surface area (Å²) >= 11 is 0. The van der Waals surface area contributed by atoms with Crippen LogP contribution in [0.15, 0.2) is 24.5 Å². The lowest BCUT2D eigenvalue weighted by molar-refractivity contribution is 0.113. The van der Waals surface area contributed by atoms with E-state index in [4.69, 9.17) is 4.74 Å². The van der Waals surface area contributed by atoms with Gasteiger partial charge in [0.15, 0.2) is 0 Å². The van der Waals surface area contributed by atoms with Crippen molar-refractivity contribution in [3.63, 3.8) is 0 Å². The molecule has 144 valence electrons. The standard InChI is InChI=1S/C24H42O/c1-3-5-7-8-9-10-21-11-15-23(16-12-21)24-17-13-22(14-18-24)20-25-19-6-4-2/h6,9-10,19,21-24H,3-5,7-8,11-18,20H2,1-2H3/b10-9+,19-6-. The van der Waals surface area contributed by atoms with Gasteiger partial charge in [-0.1, -0.05) is 44.9 Å². The molecule has 0 spiro atoms. The highest BCUT2D eigenvalue weighted by molar-refractivity contribution is 4.92. The molecule has 0 radical (unpaired) electrons. The second kappa shape index (κ2) is 12.6. The van der Waals surface area contributed by atoms with Crippen LogP contribution in [-0.4, -0.2) is 6.61 Å². The number of ether oxygens (including phenoxy) is 1. The molecule has 1 heteroatoms. The second-order valence-corrected chi connectivity index (χ2v) is 8.49. The molecule has 0 N–H and O–H groups in total. The van der Waals surface area contributed by atoms with Gasteiger partial charge in [0.1, 0.15) is 0 Å². The Morgan fingerprint density at radius 1 is 0.800 bits per heavy atom. The minimum atomic E-state index is 0.806. The Kier molecular flexibility index (Phi) is 10.4. The van der Waals surface area contributed by atoms with Crippen LogP contribution >= 0.6 is 0 Å². The lowest BCUT2D eigenvalue weighted by atomic mass is 9.69. The first-order valence-corrected chi connectivity index (χ1v) is 11.3.